The maximum absolute atomic E-state index is 12.5. The van der Waals surface area contributed by atoms with Crippen molar-refractivity contribution in [3.05, 3.63) is 58.1 Å². The van der Waals surface area contributed by atoms with Crippen molar-refractivity contribution in [2.75, 3.05) is 17.2 Å². The largest absolute Gasteiger partial charge is 0.416 e. The first-order valence-electron chi connectivity index (χ1n) is 6.92. The molecule has 0 saturated heterocycles. The lowest BCUT2D eigenvalue weighted by Gasteiger charge is -2.11. The quantitative estimate of drug-likeness (QED) is 0.727. The van der Waals surface area contributed by atoms with Gasteiger partial charge in [-0.3, -0.25) is 4.79 Å². The summed E-state index contributed by atoms with van der Waals surface area (Å²) in [5.41, 5.74) is 0.0578. The second kappa shape index (κ2) is 7.77. The van der Waals surface area contributed by atoms with Crippen LogP contribution in [0.5, 0.6) is 0 Å². The van der Waals surface area contributed by atoms with Gasteiger partial charge in [0.05, 0.1) is 21.3 Å². The van der Waals surface area contributed by atoms with E-state index in [-0.39, 0.29) is 18.9 Å². The zero-order valence-electron chi connectivity index (χ0n) is 12.3. The number of nitrogens with one attached hydrogen (secondary N) is 2. The first-order chi connectivity index (χ1) is 11.3. The second-order valence-electron chi connectivity index (χ2n) is 4.90. The third-order valence-electron chi connectivity index (χ3n) is 3.11. The summed E-state index contributed by atoms with van der Waals surface area (Å²) in [5.74, 6) is -0.342. The topological polar surface area (TPSA) is 41.1 Å². The second-order valence-corrected chi connectivity index (χ2v) is 5.71. The molecule has 128 valence electrons. The molecule has 0 aliphatic heterocycles. The molecule has 3 nitrogen and oxygen atoms in total. The first-order valence-corrected chi connectivity index (χ1v) is 7.68. The number of halogens is 5. The van der Waals surface area contributed by atoms with E-state index in [1.165, 1.54) is 12.1 Å². The summed E-state index contributed by atoms with van der Waals surface area (Å²) in [6, 6.07) is 9.27. The van der Waals surface area contributed by atoms with Gasteiger partial charge in [0.1, 0.15) is 0 Å². The average Bonchev–Trinajstić information content (AvgIpc) is 2.50. The standard InChI is InChI=1S/C16H13Cl2F3N2O/c17-12-2-1-3-13(18)15(12)22-9-8-14(24)23-11-6-4-10(5-7-11)16(19,20)21/h1-7,22H,8-9H2,(H,23,24). The number of para-hydroxylation sites is 1. The number of carbonyl (C=O) groups excluding carboxylic acids is 1. The van der Waals surface area contributed by atoms with Gasteiger partial charge in [0.15, 0.2) is 0 Å². The molecule has 0 spiro atoms. The van der Waals surface area contributed by atoms with Gasteiger partial charge in [-0.1, -0.05) is 29.3 Å². The fraction of sp³-hybridized carbons (Fsp3) is 0.188. The van der Waals surface area contributed by atoms with Gasteiger partial charge >= 0.3 is 6.18 Å². The van der Waals surface area contributed by atoms with Crippen molar-refractivity contribution in [3.63, 3.8) is 0 Å². The molecule has 0 aliphatic rings. The molecule has 2 rings (SSSR count). The minimum absolute atomic E-state index is 0.0998. The highest BCUT2D eigenvalue weighted by Crippen LogP contribution is 2.30. The number of hydrogen-bond donors (Lipinski definition) is 2. The Morgan fingerprint density at radius 1 is 1.00 bits per heavy atom. The van der Waals surface area contributed by atoms with Crippen LogP contribution < -0.4 is 10.6 Å². The molecule has 2 aromatic rings. The molecule has 0 fully saturated rings. The Morgan fingerprint density at radius 2 is 1.58 bits per heavy atom. The summed E-state index contributed by atoms with van der Waals surface area (Å²) in [5, 5.41) is 6.35. The van der Waals surface area contributed by atoms with Crippen molar-refractivity contribution in [2.45, 2.75) is 12.6 Å². The predicted octanol–water partition coefficient (Wildman–Crippen LogP) is 5.45. The third-order valence-corrected chi connectivity index (χ3v) is 3.74. The van der Waals surface area contributed by atoms with Gasteiger partial charge in [0.25, 0.3) is 0 Å². The highest BCUT2D eigenvalue weighted by Gasteiger charge is 2.29. The van der Waals surface area contributed by atoms with Crippen LogP contribution >= 0.6 is 23.2 Å². The highest BCUT2D eigenvalue weighted by atomic mass is 35.5. The zero-order valence-corrected chi connectivity index (χ0v) is 13.8. The molecule has 0 saturated carbocycles. The minimum atomic E-state index is -4.40. The normalized spacial score (nSPS) is 11.2. The smallest absolute Gasteiger partial charge is 0.382 e. The number of amides is 1. The number of alkyl halides is 3. The van der Waals surface area contributed by atoms with Crippen LogP contribution in [0, 0.1) is 0 Å². The molecule has 0 bridgehead atoms. The maximum Gasteiger partial charge on any atom is 0.416 e. The number of anilines is 2. The first kappa shape index (κ1) is 18.4. The fourth-order valence-electron chi connectivity index (χ4n) is 1.93. The SMILES string of the molecule is O=C(CCNc1c(Cl)cccc1Cl)Nc1ccc(C(F)(F)F)cc1. The maximum atomic E-state index is 12.5. The van der Waals surface area contributed by atoms with Gasteiger partial charge in [-0.15, -0.1) is 0 Å². The van der Waals surface area contributed by atoms with E-state index in [0.29, 0.717) is 21.4 Å². The van der Waals surface area contributed by atoms with Crippen LogP contribution in [0.3, 0.4) is 0 Å². The molecule has 0 radical (unpaired) electrons. The number of carbonyl (C=O) groups is 1. The Kier molecular flexibility index (Phi) is 5.96. The number of benzene rings is 2. The summed E-state index contributed by atoms with van der Waals surface area (Å²) >= 11 is 12.0. The molecule has 2 aromatic carbocycles. The molecular formula is C16H13Cl2F3N2O. The Hall–Kier alpha value is -1.92. The number of hydrogen-bond acceptors (Lipinski definition) is 2. The van der Waals surface area contributed by atoms with Crippen LogP contribution in [0.1, 0.15) is 12.0 Å². The molecule has 0 aliphatic carbocycles. The molecule has 0 unspecified atom stereocenters. The summed E-state index contributed by atoms with van der Waals surface area (Å²) in [6.45, 7) is 0.274. The average molecular weight is 377 g/mol. The molecule has 0 atom stereocenters. The van der Waals surface area contributed by atoms with E-state index in [2.05, 4.69) is 10.6 Å². The van der Waals surface area contributed by atoms with Crippen molar-refractivity contribution in [1.82, 2.24) is 0 Å². The molecule has 0 aromatic heterocycles. The third kappa shape index (κ3) is 5.04. The van der Waals surface area contributed by atoms with Crippen LogP contribution in [0.15, 0.2) is 42.5 Å². The van der Waals surface area contributed by atoms with Crippen molar-refractivity contribution >= 4 is 40.5 Å². The Bertz CT molecular complexity index is 698. The summed E-state index contributed by atoms with van der Waals surface area (Å²) in [6.07, 6.45) is -4.30. The minimum Gasteiger partial charge on any atom is -0.382 e. The van der Waals surface area contributed by atoms with Crippen molar-refractivity contribution in [2.24, 2.45) is 0 Å². The zero-order chi connectivity index (χ0) is 17.7. The van der Waals surface area contributed by atoms with Gasteiger partial charge in [0.2, 0.25) is 5.91 Å². The summed E-state index contributed by atoms with van der Waals surface area (Å²) in [4.78, 5) is 11.8. The Morgan fingerprint density at radius 3 is 2.12 bits per heavy atom. The van der Waals surface area contributed by atoms with Crippen LogP contribution in [0.25, 0.3) is 0 Å². The lowest BCUT2D eigenvalue weighted by Crippen LogP contribution is -2.16. The molecule has 1 amide bonds. The fourth-order valence-corrected chi connectivity index (χ4v) is 2.46. The van der Waals surface area contributed by atoms with Crippen molar-refractivity contribution in [3.8, 4) is 0 Å². The van der Waals surface area contributed by atoms with E-state index >= 15 is 0 Å². The molecule has 2 N–H and O–H groups in total. The van der Waals surface area contributed by atoms with Crippen LogP contribution in [-0.2, 0) is 11.0 Å². The molecule has 24 heavy (non-hydrogen) atoms. The Balaban J connectivity index is 1.85. The van der Waals surface area contributed by atoms with E-state index in [1.54, 1.807) is 18.2 Å². The lowest BCUT2D eigenvalue weighted by atomic mass is 10.2. The molecular weight excluding hydrogens is 364 g/mol. The van der Waals surface area contributed by atoms with Crippen LogP contribution in [0.2, 0.25) is 10.0 Å². The van der Waals surface area contributed by atoms with Gasteiger partial charge in [-0.2, -0.15) is 13.2 Å². The Labute approximate surface area is 146 Å². The highest BCUT2D eigenvalue weighted by molar-refractivity contribution is 6.39. The van der Waals surface area contributed by atoms with Gasteiger partial charge in [-0.25, -0.2) is 0 Å². The van der Waals surface area contributed by atoms with E-state index in [4.69, 9.17) is 23.2 Å². The lowest BCUT2D eigenvalue weighted by molar-refractivity contribution is -0.137. The van der Waals surface area contributed by atoms with E-state index < -0.39 is 11.7 Å². The van der Waals surface area contributed by atoms with E-state index in [0.717, 1.165) is 12.1 Å². The molecule has 0 heterocycles. The van der Waals surface area contributed by atoms with Gasteiger partial charge in [-0.05, 0) is 36.4 Å². The summed E-state index contributed by atoms with van der Waals surface area (Å²) < 4.78 is 37.4. The number of rotatable bonds is 5. The van der Waals surface area contributed by atoms with Crippen LogP contribution in [0.4, 0.5) is 24.5 Å². The summed E-state index contributed by atoms with van der Waals surface area (Å²) in [7, 11) is 0. The predicted molar refractivity (Wildman–Crippen MR) is 89.6 cm³/mol. The van der Waals surface area contributed by atoms with E-state index in [9.17, 15) is 18.0 Å². The monoisotopic (exact) mass is 376 g/mol. The van der Waals surface area contributed by atoms with Gasteiger partial charge in [0, 0.05) is 18.7 Å². The molecule has 8 heteroatoms. The van der Waals surface area contributed by atoms with Crippen LogP contribution in [-0.4, -0.2) is 12.5 Å². The van der Waals surface area contributed by atoms with Crippen molar-refractivity contribution in [1.29, 1.82) is 0 Å². The van der Waals surface area contributed by atoms with E-state index in [1.807, 2.05) is 0 Å². The van der Waals surface area contributed by atoms with Gasteiger partial charge < -0.3 is 10.6 Å². The van der Waals surface area contributed by atoms with Crippen molar-refractivity contribution < 1.29 is 18.0 Å².